The first-order valence-corrected chi connectivity index (χ1v) is 8.21. The summed E-state index contributed by atoms with van der Waals surface area (Å²) in [5.41, 5.74) is 1.17. The monoisotopic (exact) mass is 366 g/mol. The normalized spacial score (nSPS) is 14.0. The van der Waals surface area contributed by atoms with Crippen molar-refractivity contribution in [2.45, 2.75) is 13.0 Å². The van der Waals surface area contributed by atoms with Gasteiger partial charge in [0.25, 0.3) is 0 Å². The molecule has 3 rings (SSSR count). The molecule has 126 valence electrons. The second-order valence-electron chi connectivity index (χ2n) is 5.31. The second-order valence-corrected chi connectivity index (χ2v) is 6.15. The highest BCUT2D eigenvalue weighted by atomic mass is 35.5. The van der Waals surface area contributed by atoms with Crippen LogP contribution < -0.4 is 20.1 Å². The zero-order chi connectivity index (χ0) is 17.1. The fourth-order valence-corrected chi connectivity index (χ4v) is 2.66. The summed E-state index contributed by atoms with van der Waals surface area (Å²) in [4.78, 5) is 12.4. The molecule has 0 radical (unpaired) electrons. The van der Waals surface area contributed by atoms with Gasteiger partial charge in [0, 0.05) is 5.02 Å². The average molecular weight is 367 g/mol. The van der Waals surface area contributed by atoms with Crippen molar-refractivity contribution in [3.05, 3.63) is 46.4 Å². The zero-order valence-corrected chi connectivity index (χ0v) is 14.4. The Balaban J connectivity index is 1.72. The largest absolute Gasteiger partial charge is 0.486 e. The Bertz CT molecular complexity index is 767. The number of ether oxygens (including phenoxy) is 2. The third kappa shape index (κ3) is 3.68. The Labute approximate surface area is 149 Å². The molecule has 1 unspecified atom stereocenters. The van der Waals surface area contributed by atoms with Crippen LogP contribution in [0.25, 0.3) is 0 Å². The number of nitrogens with one attached hydrogen (secondary N) is 2. The first-order chi connectivity index (χ1) is 11.5. The first kappa shape index (κ1) is 16.7. The minimum atomic E-state index is -0.517. The summed E-state index contributed by atoms with van der Waals surface area (Å²) in [5, 5.41) is 6.82. The van der Waals surface area contributed by atoms with E-state index >= 15 is 0 Å². The summed E-state index contributed by atoms with van der Waals surface area (Å²) in [6.45, 7) is 2.74. The number of halogens is 2. The van der Waals surface area contributed by atoms with Crippen LogP contribution in [0, 0.1) is 0 Å². The summed E-state index contributed by atoms with van der Waals surface area (Å²) in [5.74, 6) is 1.04. The van der Waals surface area contributed by atoms with E-state index in [-0.39, 0.29) is 5.91 Å². The third-order valence-electron chi connectivity index (χ3n) is 3.52. The van der Waals surface area contributed by atoms with Gasteiger partial charge in [-0.15, -0.1) is 0 Å². The van der Waals surface area contributed by atoms with Crippen LogP contribution in [-0.4, -0.2) is 25.2 Å². The van der Waals surface area contributed by atoms with Crippen molar-refractivity contribution < 1.29 is 14.3 Å². The third-order valence-corrected chi connectivity index (χ3v) is 4.08. The number of fused-ring (bicyclic) bond motifs is 1. The van der Waals surface area contributed by atoms with Crippen LogP contribution in [0.1, 0.15) is 6.92 Å². The minimum absolute atomic E-state index is 0.242. The minimum Gasteiger partial charge on any atom is -0.486 e. The number of benzene rings is 2. The van der Waals surface area contributed by atoms with Gasteiger partial charge in [0.15, 0.2) is 11.5 Å². The SMILES string of the molecule is CC(Nc1cccc2c1OCCO2)C(=O)Nc1cc(Cl)ccc1Cl. The van der Waals surface area contributed by atoms with Gasteiger partial charge >= 0.3 is 0 Å². The molecule has 0 saturated carbocycles. The molecule has 0 fully saturated rings. The molecule has 1 atom stereocenters. The maximum Gasteiger partial charge on any atom is 0.246 e. The Morgan fingerprint density at radius 3 is 2.75 bits per heavy atom. The number of carbonyl (C=O) groups excluding carboxylic acids is 1. The van der Waals surface area contributed by atoms with Crippen molar-refractivity contribution >= 4 is 40.5 Å². The lowest BCUT2D eigenvalue weighted by Crippen LogP contribution is -2.32. The molecule has 2 aromatic carbocycles. The van der Waals surface area contributed by atoms with Gasteiger partial charge in [-0.05, 0) is 37.3 Å². The lowest BCUT2D eigenvalue weighted by molar-refractivity contribution is -0.116. The molecular formula is C17H16Cl2N2O3. The Hall–Kier alpha value is -2.11. The fourth-order valence-electron chi connectivity index (χ4n) is 2.32. The van der Waals surface area contributed by atoms with Crippen LogP contribution in [0.15, 0.2) is 36.4 Å². The maximum atomic E-state index is 12.4. The van der Waals surface area contributed by atoms with Gasteiger partial charge in [0.2, 0.25) is 5.91 Å². The highest BCUT2D eigenvalue weighted by molar-refractivity contribution is 6.35. The summed E-state index contributed by atoms with van der Waals surface area (Å²) >= 11 is 12.0. The molecule has 0 aliphatic carbocycles. The van der Waals surface area contributed by atoms with E-state index in [1.54, 1.807) is 25.1 Å². The molecule has 0 spiro atoms. The van der Waals surface area contributed by atoms with Gasteiger partial charge in [-0.2, -0.15) is 0 Å². The van der Waals surface area contributed by atoms with Gasteiger partial charge in [-0.1, -0.05) is 29.3 Å². The second kappa shape index (κ2) is 7.20. The highest BCUT2D eigenvalue weighted by Gasteiger charge is 2.20. The van der Waals surface area contributed by atoms with Gasteiger partial charge in [-0.3, -0.25) is 4.79 Å². The molecule has 1 aliphatic rings. The van der Waals surface area contributed by atoms with Gasteiger partial charge in [-0.25, -0.2) is 0 Å². The van der Waals surface area contributed by atoms with E-state index in [0.717, 1.165) is 0 Å². The van der Waals surface area contributed by atoms with Crippen LogP contribution in [0.3, 0.4) is 0 Å². The van der Waals surface area contributed by atoms with Gasteiger partial charge in [0.1, 0.15) is 19.3 Å². The van der Waals surface area contributed by atoms with E-state index < -0.39 is 6.04 Å². The van der Waals surface area contributed by atoms with Crippen LogP contribution in [0.2, 0.25) is 10.0 Å². The summed E-state index contributed by atoms with van der Waals surface area (Å²) in [6, 6.07) is 9.90. The van der Waals surface area contributed by atoms with Crippen molar-refractivity contribution in [2.75, 3.05) is 23.8 Å². The number of amides is 1. The Morgan fingerprint density at radius 1 is 1.12 bits per heavy atom. The van der Waals surface area contributed by atoms with E-state index in [0.29, 0.717) is 46.1 Å². The maximum absolute atomic E-state index is 12.4. The molecule has 0 bridgehead atoms. The van der Waals surface area contributed by atoms with Crippen LogP contribution >= 0.6 is 23.2 Å². The number of para-hydroxylation sites is 1. The molecule has 24 heavy (non-hydrogen) atoms. The first-order valence-electron chi connectivity index (χ1n) is 7.45. The predicted molar refractivity (Wildman–Crippen MR) is 95.6 cm³/mol. The van der Waals surface area contributed by atoms with Crippen molar-refractivity contribution in [1.82, 2.24) is 0 Å². The zero-order valence-electron chi connectivity index (χ0n) is 12.9. The van der Waals surface area contributed by atoms with Crippen LogP contribution in [0.4, 0.5) is 11.4 Å². The topological polar surface area (TPSA) is 59.6 Å². The van der Waals surface area contributed by atoms with Gasteiger partial charge in [0.05, 0.1) is 16.4 Å². The lowest BCUT2D eigenvalue weighted by Gasteiger charge is -2.23. The molecule has 1 aliphatic heterocycles. The molecular weight excluding hydrogens is 351 g/mol. The van der Waals surface area contributed by atoms with E-state index in [9.17, 15) is 4.79 Å². The number of rotatable bonds is 4. The van der Waals surface area contributed by atoms with Crippen molar-refractivity contribution in [3.63, 3.8) is 0 Å². The van der Waals surface area contributed by atoms with E-state index in [1.165, 1.54) is 0 Å². The lowest BCUT2D eigenvalue weighted by atomic mass is 10.2. The standard InChI is InChI=1S/C17H16Cl2N2O3/c1-10(17(22)21-14-9-11(18)5-6-12(14)19)20-13-3-2-4-15-16(13)24-8-7-23-15/h2-6,9-10,20H,7-8H2,1H3,(H,21,22). The number of hydrogen-bond donors (Lipinski definition) is 2. The average Bonchev–Trinajstić information content (AvgIpc) is 2.58. The molecule has 0 saturated heterocycles. The van der Waals surface area contributed by atoms with E-state index in [4.69, 9.17) is 32.7 Å². The Kier molecular flexibility index (Phi) is 5.02. The fraction of sp³-hybridized carbons (Fsp3) is 0.235. The van der Waals surface area contributed by atoms with E-state index in [1.807, 2.05) is 18.2 Å². The Morgan fingerprint density at radius 2 is 1.92 bits per heavy atom. The molecule has 2 aromatic rings. The van der Waals surface area contributed by atoms with Crippen molar-refractivity contribution in [1.29, 1.82) is 0 Å². The van der Waals surface area contributed by atoms with Gasteiger partial charge < -0.3 is 20.1 Å². The number of anilines is 2. The summed E-state index contributed by atoms with van der Waals surface area (Å²) < 4.78 is 11.2. The number of hydrogen-bond acceptors (Lipinski definition) is 4. The molecule has 1 amide bonds. The molecule has 7 heteroatoms. The molecule has 5 nitrogen and oxygen atoms in total. The summed E-state index contributed by atoms with van der Waals surface area (Å²) in [7, 11) is 0. The molecule has 2 N–H and O–H groups in total. The number of carbonyl (C=O) groups is 1. The smallest absolute Gasteiger partial charge is 0.246 e. The summed E-state index contributed by atoms with van der Waals surface area (Å²) in [6.07, 6.45) is 0. The molecule has 1 heterocycles. The van der Waals surface area contributed by atoms with Crippen molar-refractivity contribution in [3.8, 4) is 11.5 Å². The highest BCUT2D eigenvalue weighted by Crippen LogP contribution is 2.37. The quantitative estimate of drug-likeness (QED) is 0.850. The van der Waals surface area contributed by atoms with Crippen LogP contribution in [-0.2, 0) is 4.79 Å². The van der Waals surface area contributed by atoms with Crippen LogP contribution in [0.5, 0.6) is 11.5 Å². The van der Waals surface area contributed by atoms with Crippen molar-refractivity contribution in [2.24, 2.45) is 0 Å². The molecule has 0 aromatic heterocycles. The predicted octanol–water partition coefficient (Wildman–Crippen LogP) is 4.20. The van der Waals surface area contributed by atoms with E-state index in [2.05, 4.69) is 10.6 Å².